The lowest BCUT2D eigenvalue weighted by atomic mass is 10.2. The number of rotatable bonds is 6. The summed E-state index contributed by atoms with van der Waals surface area (Å²) < 4.78 is 12.4. The van der Waals surface area contributed by atoms with Crippen molar-refractivity contribution < 1.29 is 9.47 Å². The molecule has 10 heteroatoms. The number of morpholine rings is 1. The van der Waals surface area contributed by atoms with Crippen LogP contribution in [-0.4, -0.2) is 64.2 Å². The summed E-state index contributed by atoms with van der Waals surface area (Å²) >= 11 is 0. The summed E-state index contributed by atoms with van der Waals surface area (Å²) in [5, 5.41) is 7.91. The number of imidazole rings is 1. The van der Waals surface area contributed by atoms with E-state index in [1.807, 2.05) is 36.4 Å². The third-order valence-corrected chi connectivity index (χ3v) is 5.03. The van der Waals surface area contributed by atoms with Gasteiger partial charge in [-0.1, -0.05) is 12.1 Å². The third-order valence-electron chi connectivity index (χ3n) is 5.03. The van der Waals surface area contributed by atoms with E-state index in [-0.39, 0.29) is 0 Å². The van der Waals surface area contributed by atoms with Gasteiger partial charge >= 0.3 is 0 Å². The standard InChI is InChI=1S/C22H22N8O2/c1-31-18-4-2-3-16(13-18)14-25-30-15-24-19-20(26-17-5-7-23-8-6-17)27-22(28-21(19)30)29-9-11-32-12-10-29/h2-8,13-15H,9-12H2,1H3,(H,23,26,27,28)/b25-14+. The number of fused-ring (bicyclic) bond motifs is 1. The number of pyridine rings is 1. The van der Waals surface area contributed by atoms with Gasteiger partial charge in [-0.3, -0.25) is 4.98 Å². The van der Waals surface area contributed by atoms with E-state index < -0.39 is 0 Å². The Labute approximate surface area is 184 Å². The van der Waals surface area contributed by atoms with Gasteiger partial charge in [0.05, 0.1) is 26.5 Å². The molecule has 5 rings (SSSR count). The molecule has 1 N–H and O–H groups in total. The highest BCUT2D eigenvalue weighted by atomic mass is 16.5. The van der Waals surface area contributed by atoms with Crippen LogP contribution < -0.4 is 15.0 Å². The fraction of sp³-hybridized carbons (Fsp3) is 0.227. The maximum absolute atomic E-state index is 5.48. The first kappa shape index (κ1) is 19.9. The molecule has 32 heavy (non-hydrogen) atoms. The summed E-state index contributed by atoms with van der Waals surface area (Å²) in [6.45, 7) is 2.73. The van der Waals surface area contributed by atoms with Gasteiger partial charge in [0.1, 0.15) is 12.1 Å². The van der Waals surface area contributed by atoms with Gasteiger partial charge in [0.25, 0.3) is 0 Å². The number of methoxy groups -OCH3 is 1. The van der Waals surface area contributed by atoms with Gasteiger partial charge in [0, 0.05) is 31.2 Å². The number of nitrogens with one attached hydrogen (secondary N) is 1. The second kappa shape index (κ2) is 8.98. The minimum absolute atomic E-state index is 0.607. The average Bonchev–Trinajstić information content (AvgIpc) is 3.27. The number of hydrogen-bond donors (Lipinski definition) is 1. The number of benzene rings is 1. The fourth-order valence-corrected chi connectivity index (χ4v) is 3.38. The normalized spacial score (nSPS) is 14.2. The molecular weight excluding hydrogens is 408 g/mol. The molecule has 162 valence electrons. The molecule has 0 aliphatic carbocycles. The SMILES string of the molecule is COc1cccc(/C=N/n2cnc3c(Nc4ccncc4)nc(N4CCOCC4)nc32)c1. The number of anilines is 3. The van der Waals surface area contributed by atoms with Crippen molar-refractivity contribution in [2.75, 3.05) is 43.6 Å². The monoisotopic (exact) mass is 430 g/mol. The van der Waals surface area contributed by atoms with Gasteiger partial charge in [-0.05, 0) is 29.8 Å². The van der Waals surface area contributed by atoms with Crippen LogP contribution in [0.2, 0.25) is 0 Å². The summed E-state index contributed by atoms with van der Waals surface area (Å²) in [4.78, 5) is 20.2. The third kappa shape index (κ3) is 4.21. The minimum atomic E-state index is 0.607. The van der Waals surface area contributed by atoms with Gasteiger partial charge in [-0.2, -0.15) is 15.1 Å². The summed E-state index contributed by atoms with van der Waals surface area (Å²) in [5.74, 6) is 1.99. The van der Waals surface area contributed by atoms with Crippen LogP contribution in [0.3, 0.4) is 0 Å². The largest absolute Gasteiger partial charge is 0.497 e. The number of aromatic nitrogens is 5. The van der Waals surface area contributed by atoms with Crippen LogP contribution in [0, 0.1) is 0 Å². The van der Waals surface area contributed by atoms with Crippen molar-refractivity contribution in [3.63, 3.8) is 0 Å². The lowest BCUT2D eigenvalue weighted by Crippen LogP contribution is -2.37. The predicted octanol–water partition coefficient (Wildman–Crippen LogP) is 2.69. The molecule has 1 aromatic carbocycles. The summed E-state index contributed by atoms with van der Waals surface area (Å²) in [5.41, 5.74) is 3.00. The zero-order valence-corrected chi connectivity index (χ0v) is 17.5. The van der Waals surface area contributed by atoms with Crippen molar-refractivity contribution in [2.45, 2.75) is 0 Å². The van der Waals surface area contributed by atoms with Crippen LogP contribution in [0.4, 0.5) is 17.5 Å². The van der Waals surface area contributed by atoms with Gasteiger partial charge in [-0.25, -0.2) is 9.66 Å². The van der Waals surface area contributed by atoms with Crippen molar-refractivity contribution in [3.8, 4) is 5.75 Å². The van der Waals surface area contributed by atoms with Crippen LogP contribution in [0.25, 0.3) is 11.2 Å². The van der Waals surface area contributed by atoms with E-state index in [4.69, 9.17) is 19.4 Å². The summed E-state index contributed by atoms with van der Waals surface area (Å²) in [6.07, 6.45) is 6.83. The predicted molar refractivity (Wildman–Crippen MR) is 122 cm³/mol. The minimum Gasteiger partial charge on any atom is -0.497 e. The van der Waals surface area contributed by atoms with Gasteiger partial charge in [0.15, 0.2) is 17.0 Å². The zero-order valence-electron chi connectivity index (χ0n) is 17.5. The van der Waals surface area contributed by atoms with Crippen molar-refractivity contribution in [2.24, 2.45) is 5.10 Å². The Kier molecular flexibility index (Phi) is 5.58. The molecule has 0 unspecified atom stereocenters. The summed E-state index contributed by atoms with van der Waals surface area (Å²) in [7, 11) is 1.64. The van der Waals surface area contributed by atoms with E-state index in [1.165, 1.54) is 0 Å². The van der Waals surface area contributed by atoms with E-state index in [0.29, 0.717) is 36.1 Å². The molecule has 4 heterocycles. The quantitative estimate of drug-likeness (QED) is 0.466. The molecule has 0 amide bonds. The first-order chi connectivity index (χ1) is 15.8. The molecule has 4 aromatic rings. The first-order valence-corrected chi connectivity index (χ1v) is 10.2. The van der Waals surface area contributed by atoms with Crippen molar-refractivity contribution >= 4 is 34.8 Å². The molecular formula is C22H22N8O2. The molecule has 0 radical (unpaired) electrons. The molecule has 10 nitrogen and oxygen atoms in total. The smallest absolute Gasteiger partial charge is 0.229 e. The molecule has 0 spiro atoms. The van der Waals surface area contributed by atoms with E-state index >= 15 is 0 Å². The van der Waals surface area contributed by atoms with E-state index in [1.54, 1.807) is 36.7 Å². The van der Waals surface area contributed by atoms with E-state index in [0.717, 1.165) is 30.1 Å². The molecule has 1 aliphatic rings. The number of hydrogen-bond acceptors (Lipinski definition) is 9. The highest BCUT2D eigenvalue weighted by Gasteiger charge is 2.19. The molecule has 1 saturated heterocycles. The molecule has 0 atom stereocenters. The van der Waals surface area contributed by atoms with Crippen LogP contribution in [0.15, 0.2) is 60.2 Å². The highest BCUT2D eigenvalue weighted by Crippen LogP contribution is 2.26. The second-order valence-corrected chi connectivity index (χ2v) is 7.12. The van der Waals surface area contributed by atoms with Crippen LogP contribution in [0.1, 0.15) is 5.56 Å². The van der Waals surface area contributed by atoms with Crippen molar-refractivity contribution in [1.82, 2.24) is 24.6 Å². The van der Waals surface area contributed by atoms with Crippen molar-refractivity contribution in [1.29, 1.82) is 0 Å². The van der Waals surface area contributed by atoms with E-state index in [9.17, 15) is 0 Å². The Hall–Kier alpha value is -4.05. The molecule has 1 fully saturated rings. The number of ether oxygens (including phenoxy) is 2. The number of nitrogens with zero attached hydrogens (tertiary/aromatic N) is 7. The Balaban J connectivity index is 1.55. The Morgan fingerprint density at radius 3 is 2.78 bits per heavy atom. The molecule has 0 saturated carbocycles. The molecule has 1 aliphatic heterocycles. The second-order valence-electron chi connectivity index (χ2n) is 7.12. The lowest BCUT2D eigenvalue weighted by molar-refractivity contribution is 0.122. The zero-order chi connectivity index (χ0) is 21.8. The summed E-state index contributed by atoms with van der Waals surface area (Å²) in [6, 6.07) is 11.4. The Bertz CT molecular complexity index is 1240. The van der Waals surface area contributed by atoms with Crippen LogP contribution in [-0.2, 0) is 4.74 Å². The topological polar surface area (TPSA) is 103 Å². The Morgan fingerprint density at radius 1 is 1.12 bits per heavy atom. The van der Waals surface area contributed by atoms with Gasteiger partial charge in [0.2, 0.25) is 5.95 Å². The van der Waals surface area contributed by atoms with Crippen molar-refractivity contribution in [3.05, 3.63) is 60.7 Å². The fourth-order valence-electron chi connectivity index (χ4n) is 3.38. The van der Waals surface area contributed by atoms with Gasteiger partial charge in [-0.15, -0.1) is 0 Å². The van der Waals surface area contributed by atoms with Crippen LogP contribution >= 0.6 is 0 Å². The molecule has 3 aromatic heterocycles. The van der Waals surface area contributed by atoms with E-state index in [2.05, 4.69) is 25.3 Å². The molecule has 0 bridgehead atoms. The average molecular weight is 430 g/mol. The van der Waals surface area contributed by atoms with Gasteiger partial charge < -0.3 is 19.7 Å². The maximum atomic E-state index is 5.48. The lowest BCUT2D eigenvalue weighted by Gasteiger charge is -2.27. The Morgan fingerprint density at radius 2 is 1.97 bits per heavy atom. The maximum Gasteiger partial charge on any atom is 0.229 e. The first-order valence-electron chi connectivity index (χ1n) is 10.2. The highest BCUT2D eigenvalue weighted by molar-refractivity contribution is 5.87. The van der Waals surface area contributed by atoms with Crippen LogP contribution in [0.5, 0.6) is 5.75 Å².